The number of amides is 1. The van der Waals surface area contributed by atoms with Gasteiger partial charge in [-0.25, -0.2) is 19.9 Å². The highest BCUT2D eigenvalue weighted by Gasteiger charge is 2.49. The predicted molar refractivity (Wildman–Crippen MR) is 121 cm³/mol. The molecule has 0 saturated heterocycles. The Bertz CT molecular complexity index is 1450. The SMILES string of the molecule is CCCCc1nc(-c2nc(N)c3c(n2)NC(=O)C3(C)c2ccc(C(F)(F)F)cn2)cn2ccnc12. The summed E-state index contributed by atoms with van der Waals surface area (Å²) in [6, 6.07) is 2.05. The van der Waals surface area contributed by atoms with Crippen molar-refractivity contribution in [2.45, 2.75) is 44.7 Å². The molecule has 0 bridgehead atoms. The molecule has 3 N–H and O–H groups in total. The lowest BCUT2D eigenvalue weighted by Gasteiger charge is -2.22. The number of carbonyl (C=O) groups is 1. The van der Waals surface area contributed by atoms with Gasteiger partial charge in [-0.3, -0.25) is 9.78 Å². The van der Waals surface area contributed by atoms with Crippen LogP contribution in [0.1, 0.15) is 49.2 Å². The van der Waals surface area contributed by atoms with E-state index in [9.17, 15) is 18.0 Å². The number of aryl methyl sites for hydroxylation is 1. The molecule has 9 nitrogen and oxygen atoms in total. The van der Waals surface area contributed by atoms with E-state index in [2.05, 4.69) is 32.2 Å². The Labute approximate surface area is 197 Å². The van der Waals surface area contributed by atoms with Crippen LogP contribution in [0.25, 0.3) is 17.2 Å². The van der Waals surface area contributed by atoms with Gasteiger partial charge in [0.1, 0.15) is 22.7 Å². The Balaban J connectivity index is 1.59. The minimum Gasteiger partial charge on any atom is -0.383 e. The summed E-state index contributed by atoms with van der Waals surface area (Å²) in [5.41, 5.74) is 6.26. The minimum atomic E-state index is -4.54. The van der Waals surface area contributed by atoms with Crippen molar-refractivity contribution < 1.29 is 18.0 Å². The average molecular weight is 482 g/mol. The average Bonchev–Trinajstić information content (AvgIpc) is 3.40. The van der Waals surface area contributed by atoms with Gasteiger partial charge in [0.2, 0.25) is 5.91 Å². The molecule has 5 heterocycles. The number of rotatable bonds is 5. The standard InChI is InChI=1S/C23H21F3N8O/c1-3-4-5-13-20-28-8-9-34(20)11-14(30-13)18-31-17(27)16-19(32-18)33-21(35)22(16,2)15-7-6-12(10-29-15)23(24,25)26/h6-11H,3-5H2,1-2H3,(H3,27,31,32,33,35). The van der Waals surface area contributed by atoms with Crippen LogP contribution in [-0.4, -0.2) is 35.2 Å². The van der Waals surface area contributed by atoms with Crippen molar-refractivity contribution in [2.24, 2.45) is 0 Å². The molecule has 12 heteroatoms. The number of pyridine rings is 1. The summed E-state index contributed by atoms with van der Waals surface area (Å²) in [5, 5.41) is 2.68. The van der Waals surface area contributed by atoms with Gasteiger partial charge in [0.15, 0.2) is 11.5 Å². The Morgan fingerprint density at radius 2 is 1.97 bits per heavy atom. The van der Waals surface area contributed by atoms with Crippen LogP contribution < -0.4 is 11.1 Å². The largest absolute Gasteiger partial charge is 0.417 e. The number of anilines is 2. The number of nitrogens with zero attached hydrogens (tertiary/aromatic N) is 6. The van der Waals surface area contributed by atoms with E-state index in [1.807, 2.05) is 4.40 Å². The molecular weight excluding hydrogens is 461 g/mol. The fourth-order valence-corrected chi connectivity index (χ4v) is 4.24. The number of imidazole rings is 1. The summed E-state index contributed by atoms with van der Waals surface area (Å²) >= 11 is 0. The first kappa shape index (κ1) is 22.7. The van der Waals surface area contributed by atoms with Crippen LogP contribution in [-0.2, 0) is 22.8 Å². The van der Waals surface area contributed by atoms with Crippen molar-refractivity contribution in [3.8, 4) is 11.5 Å². The lowest BCUT2D eigenvalue weighted by Crippen LogP contribution is -2.34. The minimum absolute atomic E-state index is 0.00943. The first-order valence-electron chi connectivity index (χ1n) is 11.0. The molecule has 0 saturated carbocycles. The summed E-state index contributed by atoms with van der Waals surface area (Å²) in [7, 11) is 0. The molecular formula is C23H21F3N8O. The summed E-state index contributed by atoms with van der Waals surface area (Å²) < 4.78 is 40.8. The number of nitrogens with one attached hydrogen (secondary N) is 1. The molecule has 1 unspecified atom stereocenters. The van der Waals surface area contributed by atoms with Gasteiger partial charge in [-0.15, -0.1) is 0 Å². The summed E-state index contributed by atoms with van der Waals surface area (Å²) in [4.78, 5) is 34.9. The van der Waals surface area contributed by atoms with Gasteiger partial charge in [0.25, 0.3) is 0 Å². The molecule has 0 spiro atoms. The topological polar surface area (TPSA) is 124 Å². The first-order chi connectivity index (χ1) is 16.6. The van der Waals surface area contributed by atoms with Gasteiger partial charge in [-0.05, 0) is 31.9 Å². The van der Waals surface area contributed by atoms with Gasteiger partial charge in [0.05, 0.1) is 22.5 Å². The molecule has 0 radical (unpaired) electrons. The number of halogens is 3. The number of alkyl halides is 3. The second kappa shape index (κ2) is 8.00. The smallest absolute Gasteiger partial charge is 0.383 e. The third-order valence-corrected chi connectivity index (χ3v) is 6.17. The number of carbonyl (C=O) groups excluding carboxylic acids is 1. The van der Waals surface area contributed by atoms with Crippen molar-refractivity contribution in [3.63, 3.8) is 0 Å². The fourth-order valence-electron chi connectivity index (χ4n) is 4.24. The lowest BCUT2D eigenvalue weighted by molar-refractivity contribution is -0.137. The molecule has 1 amide bonds. The van der Waals surface area contributed by atoms with E-state index in [-0.39, 0.29) is 28.7 Å². The zero-order valence-corrected chi connectivity index (χ0v) is 18.9. The van der Waals surface area contributed by atoms with E-state index in [0.29, 0.717) is 11.9 Å². The summed E-state index contributed by atoms with van der Waals surface area (Å²) in [5.74, 6) is -0.126. The number of hydrogen-bond donors (Lipinski definition) is 2. The Kier molecular flexibility index (Phi) is 5.18. The molecule has 180 valence electrons. The Hall–Kier alpha value is -4.09. The molecule has 35 heavy (non-hydrogen) atoms. The number of aromatic nitrogens is 6. The first-order valence-corrected chi connectivity index (χ1v) is 11.0. The van der Waals surface area contributed by atoms with E-state index in [1.54, 1.807) is 18.6 Å². The van der Waals surface area contributed by atoms with Gasteiger partial charge < -0.3 is 15.5 Å². The summed E-state index contributed by atoms with van der Waals surface area (Å²) in [6.07, 6.45) is 3.99. The molecule has 1 aliphatic heterocycles. The van der Waals surface area contributed by atoms with Crippen LogP contribution in [0.15, 0.2) is 36.9 Å². The van der Waals surface area contributed by atoms with E-state index in [0.717, 1.165) is 36.7 Å². The summed E-state index contributed by atoms with van der Waals surface area (Å²) in [6.45, 7) is 3.62. The van der Waals surface area contributed by atoms with Crippen LogP contribution in [0.2, 0.25) is 0 Å². The molecule has 4 aromatic rings. The van der Waals surface area contributed by atoms with Gasteiger partial charge in [-0.1, -0.05) is 13.3 Å². The third-order valence-electron chi connectivity index (χ3n) is 6.17. The monoisotopic (exact) mass is 482 g/mol. The fraction of sp³-hybridized carbons (Fsp3) is 0.304. The number of fused-ring (bicyclic) bond motifs is 2. The third kappa shape index (κ3) is 3.65. The highest BCUT2D eigenvalue weighted by atomic mass is 19.4. The molecule has 5 rings (SSSR count). The molecule has 0 aliphatic carbocycles. The highest BCUT2D eigenvalue weighted by Crippen LogP contribution is 2.44. The quantitative estimate of drug-likeness (QED) is 0.444. The second-order valence-corrected chi connectivity index (χ2v) is 8.50. The van der Waals surface area contributed by atoms with Crippen LogP contribution >= 0.6 is 0 Å². The Morgan fingerprint density at radius 3 is 2.66 bits per heavy atom. The van der Waals surface area contributed by atoms with E-state index in [1.165, 1.54) is 13.0 Å². The highest BCUT2D eigenvalue weighted by molar-refractivity contribution is 6.08. The number of unbranched alkanes of at least 4 members (excludes halogenated alkanes) is 1. The molecule has 0 fully saturated rings. The van der Waals surface area contributed by atoms with Crippen molar-refractivity contribution in [2.75, 3.05) is 11.1 Å². The van der Waals surface area contributed by atoms with Crippen LogP contribution in [0.3, 0.4) is 0 Å². The maximum Gasteiger partial charge on any atom is 0.417 e. The maximum atomic E-state index is 13.0. The number of nitrogen functional groups attached to an aromatic ring is 1. The van der Waals surface area contributed by atoms with Gasteiger partial charge in [0, 0.05) is 24.8 Å². The van der Waals surface area contributed by atoms with E-state index in [4.69, 9.17) is 10.7 Å². The molecule has 1 aliphatic rings. The normalized spacial score (nSPS) is 17.6. The van der Waals surface area contributed by atoms with E-state index < -0.39 is 23.1 Å². The van der Waals surface area contributed by atoms with Crippen LogP contribution in [0.4, 0.5) is 24.8 Å². The maximum absolute atomic E-state index is 13.0. The van der Waals surface area contributed by atoms with Crippen molar-refractivity contribution in [1.82, 2.24) is 29.3 Å². The van der Waals surface area contributed by atoms with Crippen molar-refractivity contribution in [1.29, 1.82) is 0 Å². The van der Waals surface area contributed by atoms with Crippen molar-refractivity contribution >= 4 is 23.2 Å². The zero-order valence-electron chi connectivity index (χ0n) is 18.9. The lowest BCUT2D eigenvalue weighted by atomic mass is 9.80. The van der Waals surface area contributed by atoms with Gasteiger partial charge >= 0.3 is 6.18 Å². The molecule has 0 aromatic carbocycles. The predicted octanol–water partition coefficient (Wildman–Crippen LogP) is 3.78. The number of hydrogen-bond acceptors (Lipinski definition) is 7. The molecule has 4 aromatic heterocycles. The van der Waals surface area contributed by atoms with Crippen molar-refractivity contribution in [3.05, 3.63) is 59.4 Å². The molecule has 1 atom stereocenters. The number of nitrogens with two attached hydrogens (primary N) is 1. The van der Waals surface area contributed by atoms with Gasteiger partial charge in [-0.2, -0.15) is 13.2 Å². The second-order valence-electron chi connectivity index (χ2n) is 8.50. The Morgan fingerprint density at radius 1 is 1.17 bits per heavy atom. The van der Waals surface area contributed by atoms with Crippen LogP contribution in [0, 0.1) is 0 Å². The zero-order chi connectivity index (χ0) is 25.0. The van der Waals surface area contributed by atoms with E-state index >= 15 is 0 Å². The van der Waals surface area contributed by atoms with Crippen LogP contribution in [0.5, 0.6) is 0 Å².